The molecule has 1 heterocycles. The fourth-order valence-electron chi connectivity index (χ4n) is 3.19. The Bertz CT molecular complexity index is 584. The zero-order chi connectivity index (χ0) is 12.0. The Kier molecular flexibility index (Phi) is 2.36. The molecule has 1 heteroatoms. The Balaban J connectivity index is 2.21. The van der Waals surface area contributed by atoms with Gasteiger partial charge < -0.3 is 0 Å². The van der Waals surface area contributed by atoms with E-state index in [1.807, 2.05) is 0 Å². The molecule has 0 bridgehead atoms. The highest BCUT2D eigenvalue weighted by Crippen LogP contribution is 2.16. The van der Waals surface area contributed by atoms with E-state index in [0.717, 1.165) is 6.42 Å². The monoisotopic (exact) mass is 220 g/mol. The van der Waals surface area contributed by atoms with Crippen LogP contribution >= 0.6 is 0 Å². The summed E-state index contributed by atoms with van der Waals surface area (Å²) in [5.74, 6) is 0. The number of rotatable bonds is 0. The molecule has 84 valence electrons. The third-order valence-corrected chi connectivity index (χ3v) is 3.99. The average molecular weight is 220 g/mol. The van der Waals surface area contributed by atoms with Crippen molar-refractivity contribution in [1.29, 1.82) is 0 Å². The summed E-state index contributed by atoms with van der Waals surface area (Å²) in [5, 5.41) is 0. The lowest BCUT2D eigenvalue weighted by atomic mass is 9.38. The lowest BCUT2D eigenvalue weighted by molar-refractivity contribution is 1.19. The second-order valence-corrected chi connectivity index (χ2v) is 5.25. The Morgan fingerprint density at radius 1 is 1.00 bits per heavy atom. The number of hydrogen-bond acceptors (Lipinski definition) is 0. The second-order valence-electron chi connectivity index (χ2n) is 5.25. The Morgan fingerprint density at radius 2 is 1.82 bits per heavy atom. The molecule has 0 fully saturated rings. The lowest BCUT2D eigenvalue weighted by Gasteiger charge is -2.26. The molecule has 0 amide bonds. The molecule has 0 aliphatic carbocycles. The summed E-state index contributed by atoms with van der Waals surface area (Å²) in [6.45, 7) is 7.28. The van der Waals surface area contributed by atoms with Gasteiger partial charge in [-0.3, -0.25) is 0 Å². The molecule has 0 spiro atoms. The van der Waals surface area contributed by atoms with Gasteiger partial charge in [0.25, 0.3) is 0 Å². The van der Waals surface area contributed by atoms with Crippen LogP contribution in [0.15, 0.2) is 36.4 Å². The van der Waals surface area contributed by atoms with E-state index in [0.29, 0.717) is 6.71 Å². The predicted molar refractivity (Wildman–Crippen MR) is 76.1 cm³/mol. The molecule has 1 aliphatic rings. The van der Waals surface area contributed by atoms with Crippen molar-refractivity contribution in [3.05, 3.63) is 58.7 Å². The number of aryl methyl sites for hydroxylation is 2. The summed E-state index contributed by atoms with van der Waals surface area (Å²) >= 11 is 0. The van der Waals surface area contributed by atoms with Gasteiger partial charge in [0.2, 0.25) is 6.71 Å². The van der Waals surface area contributed by atoms with Crippen molar-refractivity contribution in [2.45, 2.75) is 27.1 Å². The summed E-state index contributed by atoms with van der Waals surface area (Å²) in [5.41, 5.74) is 8.88. The molecule has 2 aromatic rings. The molecular formula is C16H17B. The fourth-order valence-corrected chi connectivity index (χ4v) is 3.19. The van der Waals surface area contributed by atoms with Gasteiger partial charge in [0.05, 0.1) is 0 Å². The van der Waals surface area contributed by atoms with Crippen LogP contribution in [-0.4, -0.2) is 6.71 Å². The van der Waals surface area contributed by atoms with Gasteiger partial charge in [-0.25, -0.2) is 0 Å². The highest BCUT2D eigenvalue weighted by Gasteiger charge is 2.25. The lowest BCUT2D eigenvalue weighted by Crippen LogP contribution is -2.48. The number of hydrogen-bond donors (Lipinski definition) is 0. The Labute approximate surface area is 104 Å². The van der Waals surface area contributed by atoms with E-state index in [-0.39, 0.29) is 0 Å². The quantitative estimate of drug-likeness (QED) is 0.598. The van der Waals surface area contributed by atoms with Gasteiger partial charge in [0.15, 0.2) is 0 Å². The third-order valence-electron chi connectivity index (χ3n) is 3.99. The van der Waals surface area contributed by atoms with Crippen molar-refractivity contribution in [2.24, 2.45) is 0 Å². The standard InChI is InChI=1S/C16H17B/c1-11-7-8-15-14(9-11)10-13-6-4-5-12(2)16(13)17(15)3/h4-9H,10H2,1-3H3. The van der Waals surface area contributed by atoms with Crippen molar-refractivity contribution in [1.82, 2.24) is 0 Å². The molecule has 0 nitrogen and oxygen atoms in total. The molecule has 0 radical (unpaired) electrons. The summed E-state index contributed by atoms with van der Waals surface area (Å²) in [4.78, 5) is 0. The first-order valence-corrected chi connectivity index (χ1v) is 6.34. The van der Waals surface area contributed by atoms with Gasteiger partial charge in [-0.05, 0) is 31.4 Å². The molecule has 0 aromatic heterocycles. The smallest absolute Gasteiger partial charge is 0.0774 e. The predicted octanol–water partition coefficient (Wildman–Crippen LogP) is 2.45. The normalized spacial score (nSPS) is 13.2. The molecule has 17 heavy (non-hydrogen) atoms. The van der Waals surface area contributed by atoms with Gasteiger partial charge >= 0.3 is 0 Å². The van der Waals surface area contributed by atoms with Crippen molar-refractivity contribution in [3.63, 3.8) is 0 Å². The van der Waals surface area contributed by atoms with Crippen LogP contribution < -0.4 is 10.9 Å². The van der Waals surface area contributed by atoms with Crippen molar-refractivity contribution in [3.8, 4) is 0 Å². The third kappa shape index (κ3) is 1.61. The summed E-state index contributed by atoms with van der Waals surface area (Å²) < 4.78 is 0. The molecule has 0 atom stereocenters. The highest BCUT2D eigenvalue weighted by molar-refractivity contribution is 6.85. The number of benzene rings is 2. The van der Waals surface area contributed by atoms with Gasteiger partial charge in [-0.1, -0.05) is 65.3 Å². The minimum atomic E-state index is 0.538. The molecule has 0 unspecified atom stereocenters. The maximum absolute atomic E-state index is 2.34. The minimum absolute atomic E-state index is 0.538. The summed E-state index contributed by atoms with van der Waals surface area (Å²) in [7, 11) is 0. The van der Waals surface area contributed by atoms with Gasteiger partial charge in [-0.15, -0.1) is 0 Å². The molecule has 1 aliphatic heterocycles. The van der Waals surface area contributed by atoms with E-state index in [2.05, 4.69) is 57.1 Å². The molecular weight excluding hydrogens is 203 g/mol. The second kappa shape index (κ2) is 3.77. The highest BCUT2D eigenvalue weighted by atomic mass is 14.1. The van der Waals surface area contributed by atoms with E-state index in [4.69, 9.17) is 0 Å². The van der Waals surface area contributed by atoms with Crippen molar-refractivity contribution < 1.29 is 0 Å². The van der Waals surface area contributed by atoms with E-state index >= 15 is 0 Å². The van der Waals surface area contributed by atoms with Crippen LogP contribution in [0, 0.1) is 13.8 Å². The zero-order valence-corrected chi connectivity index (χ0v) is 10.7. The maximum atomic E-state index is 2.34. The van der Waals surface area contributed by atoms with Crippen LogP contribution in [0.4, 0.5) is 0 Å². The molecule has 0 saturated carbocycles. The van der Waals surface area contributed by atoms with Crippen LogP contribution in [0.2, 0.25) is 6.82 Å². The van der Waals surface area contributed by atoms with Crippen LogP contribution in [0.5, 0.6) is 0 Å². The van der Waals surface area contributed by atoms with Crippen LogP contribution in [-0.2, 0) is 6.42 Å². The van der Waals surface area contributed by atoms with Crippen molar-refractivity contribution >= 4 is 17.6 Å². The molecule has 0 saturated heterocycles. The topological polar surface area (TPSA) is 0 Å². The van der Waals surface area contributed by atoms with Crippen molar-refractivity contribution in [2.75, 3.05) is 0 Å². The molecule has 3 rings (SSSR count). The zero-order valence-electron chi connectivity index (χ0n) is 10.7. The van der Waals surface area contributed by atoms with Crippen LogP contribution in [0.25, 0.3) is 0 Å². The van der Waals surface area contributed by atoms with E-state index in [9.17, 15) is 0 Å². The Hall–Kier alpha value is -1.50. The minimum Gasteiger partial charge on any atom is -0.0774 e. The summed E-state index contributed by atoms with van der Waals surface area (Å²) in [6.07, 6.45) is 1.10. The first kappa shape index (κ1) is 10.6. The van der Waals surface area contributed by atoms with E-state index in [1.165, 1.54) is 27.7 Å². The number of fused-ring (bicyclic) bond motifs is 2. The maximum Gasteiger partial charge on any atom is 0.207 e. The van der Waals surface area contributed by atoms with Crippen LogP contribution in [0.3, 0.4) is 0 Å². The van der Waals surface area contributed by atoms with Gasteiger partial charge in [0, 0.05) is 0 Å². The molecule has 0 N–H and O–H groups in total. The first-order chi connectivity index (χ1) is 8.16. The largest absolute Gasteiger partial charge is 0.207 e. The van der Waals surface area contributed by atoms with E-state index < -0.39 is 0 Å². The fraction of sp³-hybridized carbons (Fsp3) is 0.250. The molecule has 2 aromatic carbocycles. The van der Waals surface area contributed by atoms with Gasteiger partial charge in [-0.2, -0.15) is 0 Å². The van der Waals surface area contributed by atoms with E-state index in [1.54, 1.807) is 5.46 Å². The Morgan fingerprint density at radius 3 is 2.65 bits per heavy atom. The van der Waals surface area contributed by atoms with Crippen LogP contribution in [0.1, 0.15) is 22.3 Å². The summed E-state index contributed by atoms with van der Waals surface area (Å²) in [6, 6.07) is 13.6. The van der Waals surface area contributed by atoms with Gasteiger partial charge in [0.1, 0.15) is 0 Å². The average Bonchev–Trinajstić information content (AvgIpc) is 2.28. The SMILES string of the molecule is CB1c2ccc(C)cc2Cc2cccc(C)c21. The first-order valence-electron chi connectivity index (χ1n) is 6.34.